The lowest BCUT2D eigenvalue weighted by Gasteiger charge is -2.35. The zero-order valence-corrected chi connectivity index (χ0v) is 14.7. The highest BCUT2D eigenvalue weighted by atomic mass is 19.1. The number of hydrogen-bond donors (Lipinski definition) is 2. The van der Waals surface area contributed by atoms with Crippen LogP contribution >= 0.6 is 0 Å². The van der Waals surface area contributed by atoms with Crippen LogP contribution in [0.25, 0.3) is 0 Å². The van der Waals surface area contributed by atoms with Crippen LogP contribution in [0.5, 0.6) is 0 Å². The van der Waals surface area contributed by atoms with Crippen LogP contribution in [0.3, 0.4) is 0 Å². The Bertz CT molecular complexity index is 572. The summed E-state index contributed by atoms with van der Waals surface area (Å²) in [5, 5.41) is 13.3. The summed E-state index contributed by atoms with van der Waals surface area (Å²) in [4.78, 5) is 16.4. The molecule has 1 unspecified atom stereocenters. The van der Waals surface area contributed by atoms with E-state index in [0.717, 1.165) is 45.6 Å². The van der Waals surface area contributed by atoms with Crippen LogP contribution in [0.2, 0.25) is 0 Å². The minimum Gasteiger partial charge on any atom is -0.387 e. The molecule has 1 aromatic carbocycles. The molecule has 1 aliphatic heterocycles. The van der Waals surface area contributed by atoms with E-state index in [0.29, 0.717) is 18.7 Å². The summed E-state index contributed by atoms with van der Waals surface area (Å²) in [6.07, 6.45) is 2.60. The molecule has 1 atom stereocenters. The van der Waals surface area contributed by atoms with Gasteiger partial charge in [-0.3, -0.25) is 14.6 Å². The number of aliphatic hydroxyl groups is 1. The number of carbonyl (C=O) groups is 1. The van der Waals surface area contributed by atoms with Gasteiger partial charge in [0.1, 0.15) is 5.82 Å². The first-order valence-electron chi connectivity index (χ1n) is 9.28. The zero-order valence-electron chi connectivity index (χ0n) is 14.7. The summed E-state index contributed by atoms with van der Waals surface area (Å²) in [6.45, 7) is 5.71. The van der Waals surface area contributed by atoms with Crippen molar-refractivity contribution < 1.29 is 14.3 Å². The number of piperazine rings is 1. The summed E-state index contributed by atoms with van der Waals surface area (Å²) in [7, 11) is 0. The minimum absolute atomic E-state index is 0.211. The van der Waals surface area contributed by atoms with Gasteiger partial charge in [0.2, 0.25) is 5.91 Å². The van der Waals surface area contributed by atoms with E-state index in [-0.39, 0.29) is 17.6 Å². The SMILES string of the molecule is O=C(NCCN1CCN(CC(O)c2cccc(F)c2)CC1)C1CCC1. The third-order valence-electron chi connectivity index (χ3n) is 5.33. The van der Waals surface area contributed by atoms with Gasteiger partial charge in [-0.2, -0.15) is 0 Å². The van der Waals surface area contributed by atoms with E-state index in [1.165, 1.54) is 18.6 Å². The predicted octanol–water partition coefficient (Wildman–Crippen LogP) is 1.39. The average Bonchev–Trinajstić information content (AvgIpc) is 2.55. The maximum Gasteiger partial charge on any atom is 0.223 e. The fourth-order valence-electron chi connectivity index (χ4n) is 3.41. The number of β-amino-alcohol motifs (C(OH)–C–C–N with tert-alkyl or cyclic N) is 1. The molecule has 3 rings (SSSR count). The van der Waals surface area contributed by atoms with Gasteiger partial charge in [-0.05, 0) is 30.5 Å². The molecule has 0 bridgehead atoms. The lowest BCUT2D eigenvalue weighted by Crippen LogP contribution is -2.49. The van der Waals surface area contributed by atoms with Crippen LogP contribution in [0.15, 0.2) is 24.3 Å². The summed E-state index contributed by atoms with van der Waals surface area (Å²) < 4.78 is 13.2. The Morgan fingerprint density at radius 2 is 1.96 bits per heavy atom. The van der Waals surface area contributed by atoms with Crippen LogP contribution in [-0.2, 0) is 4.79 Å². The maximum atomic E-state index is 13.2. The molecule has 2 N–H and O–H groups in total. The van der Waals surface area contributed by atoms with Crippen LogP contribution in [0.4, 0.5) is 4.39 Å². The molecule has 25 heavy (non-hydrogen) atoms. The van der Waals surface area contributed by atoms with Gasteiger partial charge >= 0.3 is 0 Å². The van der Waals surface area contributed by atoms with E-state index in [1.54, 1.807) is 12.1 Å². The van der Waals surface area contributed by atoms with Crippen LogP contribution in [-0.4, -0.2) is 66.6 Å². The second-order valence-corrected chi connectivity index (χ2v) is 7.13. The number of halogens is 1. The van der Waals surface area contributed by atoms with Crippen LogP contribution in [0.1, 0.15) is 30.9 Å². The number of nitrogens with zero attached hydrogens (tertiary/aromatic N) is 2. The molecule has 0 radical (unpaired) electrons. The number of carbonyl (C=O) groups excluding carboxylic acids is 1. The lowest BCUT2D eigenvalue weighted by molar-refractivity contribution is -0.127. The molecule has 1 aromatic rings. The predicted molar refractivity (Wildman–Crippen MR) is 94.6 cm³/mol. The van der Waals surface area contributed by atoms with Gasteiger partial charge in [0.25, 0.3) is 0 Å². The summed E-state index contributed by atoms with van der Waals surface area (Å²) in [5.74, 6) is 0.148. The van der Waals surface area contributed by atoms with Gasteiger partial charge in [0, 0.05) is 51.7 Å². The zero-order chi connectivity index (χ0) is 17.6. The Morgan fingerprint density at radius 1 is 1.24 bits per heavy atom. The van der Waals surface area contributed by atoms with Crippen molar-refractivity contribution >= 4 is 5.91 Å². The van der Waals surface area contributed by atoms with Gasteiger partial charge in [-0.1, -0.05) is 18.6 Å². The molecule has 1 saturated carbocycles. The molecular formula is C19H28FN3O2. The summed E-state index contributed by atoms with van der Waals surface area (Å²) in [5.41, 5.74) is 0.626. The van der Waals surface area contributed by atoms with Crippen molar-refractivity contribution in [2.45, 2.75) is 25.4 Å². The second-order valence-electron chi connectivity index (χ2n) is 7.13. The van der Waals surface area contributed by atoms with Gasteiger partial charge in [-0.15, -0.1) is 0 Å². The standard InChI is InChI=1S/C19H28FN3O2/c20-17-6-2-5-16(13-17)18(24)14-23-11-9-22(10-12-23)8-7-21-19(25)15-3-1-4-15/h2,5-6,13,15,18,24H,1,3-4,7-12,14H2,(H,21,25). The van der Waals surface area contributed by atoms with Crippen molar-refractivity contribution in [2.24, 2.45) is 5.92 Å². The number of aliphatic hydroxyl groups excluding tert-OH is 1. The Labute approximate surface area is 148 Å². The van der Waals surface area contributed by atoms with E-state index >= 15 is 0 Å². The molecule has 1 amide bonds. The van der Waals surface area contributed by atoms with E-state index in [9.17, 15) is 14.3 Å². The van der Waals surface area contributed by atoms with Crippen molar-refractivity contribution in [3.8, 4) is 0 Å². The number of benzene rings is 1. The normalized spacial score (nSPS) is 20.9. The van der Waals surface area contributed by atoms with E-state index in [4.69, 9.17) is 0 Å². The number of rotatable bonds is 7. The van der Waals surface area contributed by atoms with Crippen molar-refractivity contribution in [3.05, 3.63) is 35.6 Å². The second kappa shape index (κ2) is 8.74. The molecule has 0 aromatic heterocycles. The fraction of sp³-hybridized carbons (Fsp3) is 0.632. The van der Waals surface area contributed by atoms with Crippen LogP contribution in [0, 0.1) is 11.7 Å². The first-order valence-corrected chi connectivity index (χ1v) is 9.28. The smallest absolute Gasteiger partial charge is 0.223 e. The Balaban J connectivity index is 1.33. The van der Waals surface area contributed by atoms with Crippen molar-refractivity contribution in [2.75, 3.05) is 45.8 Å². The maximum absolute atomic E-state index is 13.2. The van der Waals surface area contributed by atoms with Crippen molar-refractivity contribution in [1.29, 1.82) is 0 Å². The van der Waals surface area contributed by atoms with Crippen LogP contribution < -0.4 is 5.32 Å². The quantitative estimate of drug-likeness (QED) is 0.781. The molecule has 5 nitrogen and oxygen atoms in total. The molecule has 6 heteroatoms. The summed E-state index contributed by atoms with van der Waals surface area (Å²) >= 11 is 0. The number of nitrogens with one attached hydrogen (secondary N) is 1. The van der Waals surface area contributed by atoms with Gasteiger partial charge in [-0.25, -0.2) is 4.39 Å². The molecule has 2 fully saturated rings. The Hall–Kier alpha value is -1.50. The molecule has 1 heterocycles. The first-order chi connectivity index (χ1) is 12.1. The summed E-state index contributed by atoms with van der Waals surface area (Å²) in [6, 6.07) is 6.17. The van der Waals surface area contributed by atoms with Gasteiger partial charge in [0.05, 0.1) is 6.10 Å². The fourth-order valence-corrected chi connectivity index (χ4v) is 3.41. The topological polar surface area (TPSA) is 55.8 Å². The van der Waals surface area contributed by atoms with E-state index in [2.05, 4.69) is 15.1 Å². The third kappa shape index (κ3) is 5.23. The Kier molecular flexibility index (Phi) is 6.39. The van der Waals surface area contributed by atoms with Gasteiger partial charge < -0.3 is 10.4 Å². The van der Waals surface area contributed by atoms with E-state index in [1.807, 2.05) is 0 Å². The minimum atomic E-state index is -0.663. The van der Waals surface area contributed by atoms with Crippen molar-refractivity contribution in [3.63, 3.8) is 0 Å². The number of hydrogen-bond acceptors (Lipinski definition) is 4. The van der Waals surface area contributed by atoms with Crippen molar-refractivity contribution in [1.82, 2.24) is 15.1 Å². The molecule has 1 saturated heterocycles. The number of amides is 1. The largest absolute Gasteiger partial charge is 0.387 e. The third-order valence-corrected chi connectivity index (χ3v) is 5.33. The molecule has 2 aliphatic rings. The molecule has 1 aliphatic carbocycles. The molecule has 0 spiro atoms. The Morgan fingerprint density at radius 3 is 2.60 bits per heavy atom. The highest BCUT2D eigenvalue weighted by Gasteiger charge is 2.25. The van der Waals surface area contributed by atoms with Gasteiger partial charge in [0.15, 0.2) is 0 Å². The average molecular weight is 349 g/mol. The highest BCUT2D eigenvalue weighted by molar-refractivity contribution is 5.79. The molecule has 138 valence electrons. The monoisotopic (exact) mass is 349 g/mol. The lowest BCUT2D eigenvalue weighted by atomic mass is 9.85. The van der Waals surface area contributed by atoms with E-state index < -0.39 is 6.10 Å². The first kappa shape index (κ1) is 18.3. The molecular weight excluding hydrogens is 321 g/mol. The highest BCUT2D eigenvalue weighted by Crippen LogP contribution is 2.26.